The highest BCUT2D eigenvalue weighted by atomic mass is 32.2. The molecule has 1 unspecified atom stereocenters. The van der Waals surface area contributed by atoms with Gasteiger partial charge in [0.1, 0.15) is 0 Å². The molecule has 0 heterocycles. The van der Waals surface area contributed by atoms with Crippen LogP contribution in [0.4, 0.5) is 4.79 Å². The monoisotopic (exact) mass is 318 g/mol. The summed E-state index contributed by atoms with van der Waals surface area (Å²) < 4.78 is 0. The minimum absolute atomic E-state index is 0.231. The third kappa shape index (κ3) is 4.64. The van der Waals surface area contributed by atoms with E-state index in [0.29, 0.717) is 12.3 Å². The van der Waals surface area contributed by atoms with E-state index >= 15 is 0 Å². The van der Waals surface area contributed by atoms with E-state index in [9.17, 15) is 9.90 Å². The number of rotatable bonds is 6. The first-order valence-corrected chi connectivity index (χ1v) is 8.61. The van der Waals surface area contributed by atoms with Crippen LogP contribution in [0.25, 0.3) is 10.8 Å². The van der Waals surface area contributed by atoms with Gasteiger partial charge < -0.3 is 15.7 Å². The molecular formula is C17H22N2O2S. The molecule has 4 nitrogen and oxygen atoms in total. The van der Waals surface area contributed by atoms with Crippen LogP contribution in [0.2, 0.25) is 0 Å². The second-order valence-corrected chi connectivity index (χ2v) is 6.47. The van der Waals surface area contributed by atoms with Crippen LogP contribution in [0.15, 0.2) is 42.5 Å². The Balaban J connectivity index is 1.91. The van der Waals surface area contributed by atoms with Crippen molar-refractivity contribution < 1.29 is 9.90 Å². The van der Waals surface area contributed by atoms with Crippen molar-refractivity contribution >= 4 is 28.6 Å². The first-order chi connectivity index (χ1) is 10.5. The number of thioether (sulfide) groups is 1. The van der Waals surface area contributed by atoms with Gasteiger partial charge in [0, 0.05) is 18.8 Å². The molecular weight excluding hydrogens is 296 g/mol. The van der Waals surface area contributed by atoms with Crippen molar-refractivity contribution in [2.24, 2.45) is 0 Å². The normalized spacial score (nSPS) is 13.6. The summed E-state index contributed by atoms with van der Waals surface area (Å²) in [6.07, 6.45) is 1.93. The van der Waals surface area contributed by atoms with Crippen molar-refractivity contribution in [1.29, 1.82) is 0 Å². The number of nitrogens with one attached hydrogen (secondary N) is 2. The number of amides is 2. The molecule has 5 heteroatoms. The minimum atomic E-state index is -0.893. The van der Waals surface area contributed by atoms with Gasteiger partial charge in [-0.25, -0.2) is 4.79 Å². The maximum absolute atomic E-state index is 11.9. The molecule has 0 bridgehead atoms. The molecule has 2 rings (SSSR count). The number of hydrogen-bond acceptors (Lipinski definition) is 3. The van der Waals surface area contributed by atoms with Crippen LogP contribution in [-0.2, 0) is 6.54 Å². The second kappa shape index (κ2) is 7.51. The molecule has 0 radical (unpaired) electrons. The third-order valence-corrected chi connectivity index (χ3v) is 4.31. The standard InChI is InChI=1S/C17H22N2O2S/c1-17(21,12-22-2)11-19-16(20)18-10-14-8-5-7-13-6-3-4-9-15(13)14/h3-9,21H,10-12H2,1-2H3,(H2,18,19,20). The lowest BCUT2D eigenvalue weighted by atomic mass is 10.0. The Morgan fingerprint density at radius 1 is 1.18 bits per heavy atom. The molecule has 118 valence electrons. The maximum Gasteiger partial charge on any atom is 0.315 e. The Morgan fingerprint density at radius 3 is 2.68 bits per heavy atom. The minimum Gasteiger partial charge on any atom is -0.387 e. The highest BCUT2D eigenvalue weighted by molar-refractivity contribution is 7.98. The van der Waals surface area contributed by atoms with Crippen LogP contribution >= 0.6 is 11.8 Å². The number of urea groups is 1. The van der Waals surface area contributed by atoms with E-state index in [4.69, 9.17) is 0 Å². The fourth-order valence-corrected chi connectivity index (χ4v) is 3.04. The van der Waals surface area contributed by atoms with Crippen LogP contribution in [-0.4, -0.2) is 35.3 Å². The van der Waals surface area contributed by atoms with E-state index in [1.807, 2.05) is 36.6 Å². The Morgan fingerprint density at radius 2 is 1.91 bits per heavy atom. The number of carbonyl (C=O) groups excluding carboxylic acids is 1. The summed E-state index contributed by atoms with van der Waals surface area (Å²) in [6, 6.07) is 13.9. The van der Waals surface area contributed by atoms with Crippen molar-refractivity contribution in [2.45, 2.75) is 19.1 Å². The molecule has 2 aromatic carbocycles. The largest absolute Gasteiger partial charge is 0.387 e. The SMILES string of the molecule is CSCC(C)(O)CNC(=O)NCc1cccc2ccccc12. The quantitative estimate of drug-likeness (QED) is 0.767. The van der Waals surface area contributed by atoms with E-state index in [1.165, 1.54) is 0 Å². The summed E-state index contributed by atoms with van der Waals surface area (Å²) in [5.74, 6) is 0.580. The second-order valence-electron chi connectivity index (χ2n) is 5.60. The van der Waals surface area contributed by atoms with Crippen molar-refractivity contribution in [3.05, 3.63) is 48.0 Å². The van der Waals surface area contributed by atoms with Crippen molar-refractivity contribution in [3.63, 3.8) is 0 Å². The molecule has 3 N–H and O–H groups in total. The summed E-state index contributed by atoms with van der Waals surface area (Å²) in [6.45, 7) is 2.40. The Kier molecular flexibility index (Phi) is 5.69. The molecule has 22 heavy (non-hydrogen) atoms. The first-order valence-electron chi connectivity index (χ1n) is 7.21. The van der Waals surface area contributed by atoms with Gasteiger partial charge in [-0.15, -0.1) is 0 Å². The highest BCUT2D eigenvalue weighted by Crippen LogP contribution is 2.18. The van der Waals surface area contributed by atoms with Crippen molar-refractivity contribution in [1.82, 2.24) is 10.6 Å². The molecule has 1 atom stereocenters. The molecule has 0 saturated carbocycles. The van der Waals surface area contributed by atoms with E-state index in [-0.39, 0.29) is 12.6 Å². The lowest BCUT2D eigenvalue weighted by Crippen LogP contribution is -2.45. The summed E-state index contributed by atoms with van der Waals surface area (Å²) in [7, 11) is 0. The zero-order valence-corrected chi connectivity index (χ0v) is 13.7. The average molecular weight is 318 g/mol. The fraction of sp³-hybridized carbons (Fsp3) is 0.353. The van der Waals surface area contributed by atoms with Crippen LogP contribution in [0, 0.1) is 0 Å². The van der Waals surface area contributed by atoms with Gasteiger partial charge in [-0.05, 0) is 29.5 Å². The number of benzene rings is 2. The predicted molar refractivity (Wildman–Crippen MR) is 93.2 cm³/mol. The van der Waals surface area contributed by atoms with E-state index < -0.39 is 5.60 Å². The maximum atomic E-state index is 11.9. The van der Waals surface area contributed by atoms with Gasteiger partial charge in [0.05, 0.1) is 5.60 Å². The summed E-state index contributed by atoms with van der Waals surface area (Å²) in [5, 5.41) is 17.9. The number of carbonyl (C=O) groups is 1. The van der Waals surface area contributed by atoms with Crippen molar-refractivity contribution in [2.75, 3.05) is 18.6 Å². The number of aliphatic hydroxyl groups is 1. The molecule has 0 aliphatic rings. The summed E-state index contributed by atoms with van der Waals surface area (Å²) in [4.78, 5) is 11.9. The Hall–Kier alpha value is -1.72. The topological polar surface area (TPSA) is 61.4 Å². The van der Waals surface area contributed by atoms with E-state index in [0.717, 1.165) is 16.3 Å². The fourth-order valence-electron chi connectivity index (χ4n) is 2.32. The number of fused-ring (bicyclic) bond motifs is 1. The van der Waals surface area contributed by atoms with Gasteiger partial charge in [-0.1, -0.05) is 42.5 Å². The zero-order chi connectivity index (χ0) is 16.0. The average Bonchev–Trinajstić information content (AvgIpc) is 2.51. The molecule has 0 aromatic heterocycles. The Bertz CT molecular complexity index is 638. The van der Waals surface area contributed by atoms with Gasteiger partial charge in [-0.3, -0.25) is 0 Å². The number of hydrogen-bond donors (Lipinski definition) is 3. The van der Waals surface area contributed by atoms with E-state index in [2.05, 4.69) is 22.8 Å². The Labute approximate surface area is 135 Å². The molecule has 0 fully saturated rings. The van der Waals surface area contributed by atoms with Gasteiger partial charge in [0.25, 0.3) is 0 Å². The molecule has 0 aliphatic heterocycles. The van der Waals surface area contributed by atoms with Gasteiger partial charge >= 0.3 is 6.03 Å². The van der Waals surface area contributed by atoms with E-state index in [1.54, 1.807) is 18.7 Å². The van der Waals surface area contributed by atoms with Crippen molar-refractivity contribution in [3.8, 4) is 0 Å². The third-order valence-electron chi connectivity index (χ3n) is 3.40. The highest BCUT2D eigenvalue weighted by Gasteiger charge is 2.20. The summed E-state index contributed by atoms with van der Waals surface area (Å²) >= 11 is 1.55. The molecule has 0 saturated heterocycles. The van der Waals surface area contributed by atoms with Gasteiger partial charge in [-0.2, -0.15) is 11.8 Å². The predicted octanol–water partition coefficient (Wildman–Crippen LogP) is 2.75. The first kappa shape index (κ1) is 16.6. The van der Waals surface area contributed by atoms with Gasteiger partial charge in [0.15, 0.2) is 0 Å². The van der Waals surface area contributed by atoms with Crippen LogP contribution in [0.3, 0.4) is 0 Å². The van der Waals surface area contributed by atoms with Crippen LogP contribution < -0.4 is 10.6 Å². The molecule has 0 aliphatic carbocycles. The van der Waals surface area contributed by atoms with Crippen LogP contribution in [0.1, 0.15) is 12.5 Å². The lowest BCUT2D eigenvalue weighted by molar-refractivity contribution is 0.0869. The van der Waals surface area contributed by atoms with Gasteiger partial charge in [0.2, 0.25) is 0 Å². The molecule has 0 spiro atoms. The molecule has 2 aromatic rings. The summed E-state index contributed by atoms with van der Waals surface area (Å²) in [5.41, 5.74) is 0.181. The lowest BCUT2D eigenvalue weighted by Gasteiger charge is -2.22. The smallest absolute Gasteiger partial charge is 0.315 e. The van der Waals surface area contributed by atoms with Crippen LogP contribution in [0.5, 0.6) is 0 Å². The zero-order valence-electron chi connectivity index (χ0n) is 12.9. The molecule has 2 amide bonds.